The van der Waals surface area contributed by atoms with E-state index in [1.165, 1.54) is 11.8 Å². The third kappa shape index (κ3) is 6.37. The molecule has 1 aliphatic heterocycles. The molecule has 3 aromatic rings. The summed E-state index contributed by atoms with van der Waals surface area (Å²) < 4.78 is 13.5. The van der Waals surface area contributed by atoms with Gasteiger partial charge < -0.3 is 25.4 Å². The fourth-order valence-electron chi connectivity index (χ4n) is 4.02. The van der Waals surface area contributed by atoms with E-state index < -0.39 is 0 Å². The van der Waals surface area contributed by atoms with E-state index in [1.807, 2.05) is 29.3 Å². The van der Waals surface area contributed by atoms with Gasteiger partial charge in [-0.05, 0) is 42.3 Å². The van der Waals surface area contributed by atoms with Crippen molar-refractivity contribution in [3.63, 3.8) is 0 Å². The molecule has 0 unspecified atom stereocenters. The number of carbonyl (C=O) groups is 1. The van der Waals surface area contributed by atoms with Gasteiger partial charge in [0, 0.05) is 62.6 Å². The first-order valence-corrected chi connectivity index (χ1v) is 10.9. The molecule has 1 fully saturated rings. The number of carbonyl (C=O) groups excluding carboxylic acids is 1. The van der Waals surface area contributed by atoms with Gasteiger partial charge in [0.25, 0.3) is 0 Å². The molecule has 176 valence electrons. The van der Waals surface area contributed by atoms with Crippen LogP contribution in [0.1, 0.15) is 5.56 Å². The number of amides is 1. The van der Waals surface area contributed by atoms with Crippen LogP contribution in [-0.2, 0) is 11.2 Å². The monoisotopic (exact) mass is 564 g/mol. The molecular formula is C24H30FIN6O. The maximum Gasteiger partial charge on any atom is 0.242 e. The number of fused-ring (bicyclic) bond motifs is 1. The van der Waals surface area contributed by atoms with Crippen LogP contribution in [0.3, 0.4) is 0 Å². The summed E-state index contributed by atoms with van der Waals surface area (Å²) in [6.07, 6.45) is 2.61. The molecule has 0 saturated carbocycles. The lowest BCUT2D eigenvalue weighted by atomic mass is 10.1. The predicted molar refractivity (Wildman–Crippen MR) is 142 cm³/mol. The number of nitrogens with one attached hydrogen (secondary N) is 3. The third-order valence-corrected chi connectivity index (χ3v) is 5.80. The highest BCUT2D eigenvalue weighted by molar-refractivity contribution is 14.0. The van der Waals surface area contributed by atoms with Gasteiger partial charge in [0.05, 0.1) is 6.54 Å². The van der Waals surface area contributed by atoms with Crippen LogP contribution < -0.4 is 15.5 Å². The number of aliphatic imine (C=N–C) groups is 1. The van der Waals surface area contributed by atoms with E-state index in [4.69, 9.17) is 0 Å². The fraction of sp³-hybridized carbons (Fsp3) is 0.333. The standard InChI is InChI=1S/C24H29FN6O.HI/c1-26-24(27-10-9-18-16-28-22-8-7-19(25)15-21(18)22)29-17-23(32)31-13-11-30(12-14-31)20-5-3-2-4-6-20;/h2-8,15-16,28H,9-14,17H2,1H3,(H2,26,27,29);1H. The van der Waals surface area contributed by atoms with E-state index in [1.54, 1.807) is 19.2 Å². The Morgan fingerprint density at radius 1 is 1.09 bits per heavy atom. The van der Waals surface area contributed by atoms with Crippen LogP contribution in [0.4, 0.5) is 10.1 Å². The molecule has 7 nitrogen and oxygen atoms in total. The summed E-state index contributed by atoms with van der Waals surface area (Å²) in [7, 11) is 1.68. The van der Waals surface area contributed by atoms with E-state index in [2.05, 4.69) is 37.6 Å². The molecule has 1 aromatic heterocycles. The summed E-state index contributed by atoms with van der Waals surface area (Å²) in [6, 6.07) is 15.0. The molecule has 0 spiro atoms. The molecule has 9 heteroatoms. The number of nitrogens with zero attached hydrogens (tertiary/aromatic N) is 3. The van der Waals surface area contributed by atoms with Crippen LogP contribution >= 0.6 is 24.0 Å². The summed E-state index contributed by atoms with van der Waals surface area (Å²) in [5, 5.41) is 7.22. The Bertz CT molecular complexity index is 1080. The lowest BCUT2D eigenvalue weighted by Crippen LogP contribution is -2.52. The molecule has 3 N–H and O–H groups in total. The van der Waals surface area contributed by atoms with Gasteiger partial charge in [-0.3, -0.25) is 9.79 Å². The number of piperazine rings is 1. The molecule has 0 aliphatic carbocycles. The van der Waals surface area contributed by atoms with E-state index in [0.717, 1.165) is 29.6 Å². The van der Waals surface area contributed by atoms with Gasteiger partial charge in [0.1, 0.15) is 5.82 Å². The van der Waals surface area contributed by atoms with Crippen molar-refractivity contribution in [3.8, 4) is 0 Å². The quantitative estimate of drug-likeness (QED) is 0.245. The topological polar surface area (TPSA) is 75.8 Å². The predicted octanol–water partition coefficient (Wildman–Crippen LogP) is 2.98. The highest BCUT2D eigenvalue weighted by Gasteiger charge is 2.21. The van der Waals surface area contributed by atoms with Gasteiger partial charge in [0.15, 0.2) is 5.96 Å². The van der Waals surface area contributed by atoms with Crippen molar-refractivity contribution in [2.45, 2.75) is 6.42 Å². The Kier molecular flexibility index (Phi) is 8.93. The van der Waals surface area contributed by atoms with Crippen LogP contribution in [0.15, 0.2) is 59.7 Å². The zero-order valence-electron chi connectivity index (χ0n) is 18.7. The molecule has 1 aliphatic rings. The summed E-state index contributed by atoms with van der Waals surface area (Å²) in [5.74, 6) is 0.395. The van der Waals surface area contributed by atoms with Crippen molar-refractivity contribution in [2.75, 3.05) is 51.2 Å². The second kappa shape index (κ2) is 11.9. The highest BCUT2D eigenvalue weighted by atomic mass is 127. The molecule has 1 amide bonds. The minimum absolute atomic E-state index is 0. The number of hydrogen-bond donors (Lipinski definition) is 3. The summed E-state index contributed by atoms with van der Waals surface area (Å²) >= 11 is 0. The second-order valence-electron chi connectivity index (χ2n) is 7.81. The van der Waals surface area contributed by atoms with E-state index in [0.29, 0.717) is 32.0 Å². The number of anilines is 1. The largest absolute Gasteiger partial charge is 0.368 e. The smallest absolute Gasteiger partial charge is 0.242 e. The van der Waals surface area contributed by atoms with Gasteiger partial charge in [-0.1, -0.05) is 18.2 Å². The van der Waals surface area contributed by atoms with Gasteiger partial charge in [-0.15, -0.1) is 24.0 Å². The lowest BCUT2D eigenvalue weighted by molar-refractivity contribution is -0.130. The SMILES string of the molecule is CN=C(NCCc1c[nH]c2ccc(F)cc12)NCC(=O)N1CCN(c2ccccc2)CC1.I. The maximum absolute atomic E-state index is 13.5. The summed E-state index contributed by atoms with van der Waals surface area (Å²) in [6.45, 7) is 3.88. The average molecular weight is 564 g/mol. The molecule has 1 saturated heterocycles. The number of rotatable bonds is 6. The Labute approximate surface area is 210 Å². The summed E-state index contributed by atoms with van der Waals surface area (Å²) in [5.41, 5.74) is 3.15. The molecule has 0 radical (unpaired) electrons. The number of guanidine groups is 1. The fourth-order valence-corrected chi connectivity index (χ4v) is 4.02. The normalized spacial score (nSPS) is 14.2. The lowest BCUT2D eigenvalue weighted by Gasteiger charge is -2.36. The molecule has 0 bridgehead atoms. The van der Waals surface area contributed by atoms with Crippen LogP contribution in [-0.4, -0.2) is 68.1 Å². The number of aromatic amines is 1. The number of hydrogen-bond acceptors (Lipinski definition) is 3. The molecule has 2 heterocycles. The maximum atomic E-state index is 13.5. The first-order valence-electron chi connectivity index (χ1n) is 10.9. The zero-order chi connectivity index (χ0) is 22.3. The Balaban J connectivity index is 0.00000306. The van der Waals surface area contributed by atoms with Crippen molar-refractivity contribution < 1.29 is 9.18 Å². The molecule has 4 rings (SSSR count). The first kappa shape index (κ1) is 24.8. The Morgan fingerprint density at radius 3 is 2.58 bits per heavy atom. The van der Waals surface area contributed by atoms with Crippen LogP contribution in [0.5, 0.6) is 0 Å². The van der Waals surface area contributed by atoms with Crippen molar-refractivity contribution in [1.29, 1.82) is 0 Å². The van der Waals surface area contributed by atoms with E-state index in [9.17, 15) is 9.18 Å². The molecular weight excluding hydrogens is 534 g/mol. The van der Waals surface area contributed by atoms with Crippen LogP contribution in [0.25, 0.3) is 10.9 Å². The highest BCUT2D eigenvalue weighted by Crippen LogP contribution is 2.19. The van der Waals surface area contributed by atoms with Gasteiger partial charge in [-0.25, -0.2) is 4.39 Å². The first-order chi connectivity index (χ1) is 15.6. The number of para-hydroxylation sites is 1. The summed E-state index contributed by atoms with van der Waals surface area (Å²) in [4.78, 5) is 24.2. The average Bonchev–Trinajstić information content (AvgIpc) is 3.23. The van der Waals surface area contributed by atoms with Gasteiger partial charge in [0.2, 0.25) is 5.91 Å². The zero-order valence-corrected chi connectivity index (χ0v) is 21.0. The van der Waals surface area contributed by atoms with E-state index in [-0.39, 0.29) is 42.2 Å². The van der Waals surface area contributed by atoms with Gasteiger partial charge in [-0.2, -0.15) is 0 Å². The Morgan fingerprint density at radius 2 is 1.85 bits per heavy atom. The van der Waals surface area contributed by atoms with Crippen molar-refractivity contribution >= 4 is 52.4 Å². The van der Waals surface area contributed by atoms with Gasteiger partial charge >= 0.3 is 0 Å². The van der Waals surface area contributed by atoms with Crippen molar-refractivity contribution in [2.24, 2.45) is 4.99 Å². The number of halogens is 2. The molecule has 33 heavy (non-hydrogen) atoms. The second-order valence-corrected chi connectivity index (χ2v) is 7.81. The Hall–Kier alpha value is -2.82. The minimum Gasteiger partial charge on any atom is -0.368 e. The molecule has 0 atom stereocenters. The van der Waals surface area contributed by atoms with E-state index >= 15 is 0 Å². The van der Waals surface area contributed by atoms with Crippen LogP contribution in [0, 0.1) is 5.82 Å². The van der Waals surface area contributed by atoms with Crippen LogP contribution in [0.2, 0.25) is 0 Å². The number of aromatic nitrogens is 1. The van der Waals surface area contributed by atoms with Crippen molar-refractivity contribution in [3.05, 3.63) is 66.1 Å². The van der Waals surface area contributed by atoms with Crippen molar-refractivity contribution in [1.82, 2.24) is 20.5 Å². The number of H-pyrrole nitrogens is 1. The minimum atomic E-state index is -0.244. The number of benzene rings is 2. The molecule has 2 aromatic carbocycles. The third-order valence-electron chi connectivity index (χ3n) is 5.80.